The van der Waals surface area contributed by atoms with E-state index in [1.807, 2.05) is 0 Å². The molecule has 1 rings (SSSR count). The van der Waals surface area contributed by atoms with Gasteiger partial charge in [-0.1, -0.05) is 6.07 Å². The quantitative estimate of drug-likeness (QED) is 0.833. The summed E-state index contributed by atoms with van der Waals surface area (Å²) < 4.78 is 66.4. The van der Waals surface area contributed by atoms with Crippen LogP contribution in [0.1, 0.15) is 18.6 Å². The maximum absolute atomic E-state index is 13.3. The first-order chi connectivity index (χ1) is 8.24. The molecule has 0 unspecified atom stereocenters. The van der Waals surface area contributed by atoms with Crippen LogP contribution in [0.15, 0.2) is 18.2 Å². The number of hydrogen-bond donors (Lipinski definition) is 1. The number of benzene rings is 1. The second-order valence-corrected chi connectivity index (χ2v) is 3.72. The molecular weight excluding hydrogens is 259 g/mol. The van der Waals surface area contributed by atoms with Gasteiger partial charge in [0, 0.05) is 0 Å². The standard InChI is InChI=1S/C11H11F5O2/c1-6(17)7-2-3-9(8(12)4-7)18-5-11(15,16)10(13)14/h2-4,6,10,17H,5H2,1H3/t6-/m1/s1. The zero-order chi connectivity index (χ0) is 13.9. The molecule has 1 aromatic carbocycles. The Morgan fingerprint density at radius 2 is 1.94 bits per heavy atom. The van der Waals surface area contributed by atoms with E-state index in [0.29, 0.717) is 0 Å². The minimum atomic E-state index is -4.34. The maximum Gasteiger partial charge on any atom is 0.340 e. The van der Waals surface area contributed by atoms with Crippen LogP contribution in [0.2, 0.25) is 0 Å². The maximum atomic E-state index is 13.3. The summed E-state index contributed by atoms with van der Waals surface area (Å²) in [5.41, 5.74) is 0.223. The molecule has 0 amide bonds. The molecule has 7 heteroatoms. The van der Waals surface area contributed by atoms with Crippen LogP contribution in [0.25, 0.3) is 0 Å². The zero-order valence-electron chi connectivity index (χ0n) is 9.34. The van der Waals surface area contributed by atoms with E-state index in [-0.39, 0.29) is 5.56 Å². The number of hydrogen-bond acceptors (Lipinski definition) is 2. The number of alkyl halides is 4. The summed E-state index contributed by atoms with van der Waals surface area (Å²) in [7, 11) is 0. The summed E-state index contributed by atoms with van der Waals surface area (Å²) in [5.74, 6) is -5.91. The van der Waals surface area contributed by atoms with Crippen molar-refractivity contribution in [1.29, 1.82) is 0 Å². The lowest BCUT2D eigenvalue weighted by atomic mass is 10.1. The molecule has 0 fully saturated rings. The van der Waals surface area contributed by atoms with Crippen molar-refractivity contribution >= 4 is 0 Å². The highest BCUT2D eigenvalue weighted by molar-refractivity contribution is 5.30. The van der Waals surface area contributed by atoms with E-state index in [1.165, 1.54) is 13.0 Å². The first-order valence-corrected chi connectivity index (χ1v) is 5.00. The van der Waals surface area contributed by atoms with Crippen molar-refractivity contribution in [3.8, 4) is 5.75 Å². The fourth-order valence-electron chi connectivity index (χ4n) is 1.13. The molecule has 1 atom stereocenters. The van der Waals surface area contributed by atoms with Crippen molar-refractivity contribution in [1.82, 2.24) is 0 Å². The van der Waals surface area contributed by atoms with Gasteiger partial charge < -0.3 is 9.84 Å². The highest BCUT2D eigenvalue weighted by Crippen LogP contribution is 2.26. The summed E-state index contributed by atoms with van der Waals surface area (Å²) in [6.45, 7) is -0.226. The van der Waals surface area contributed by atoms with Crippen LogP contribution in [0.4, 0.5) is 22.0 Å². The second kappa shape index (κ2) is 5.51. The molecule has 0 aliphatic carbocycles. The molecule has 18 heavy (non-hydrogen) atoms. The van der Waals surface area contributed by atoms with E-state index in [0.717, 1.165) is 12.1 Å². The van der Waals surface area contributed by atoms with E-state index in [1.54, 1.807) is 0 Å². The average Bonchev–Trinajstić information content (AvgIpc) is 2.26. The van der Waals surface area contributed by atoms with E-state index in [4.69, 9.17) is 5.11 Å². The molecule has 0 radical (unpaired) electrons. The monoisotopic (exact) mass is 270 g/mol. The Bertz CT molecular complexity index is 406. The van der Waals surface area contributed by atoms with Gasteiger partial charge in [-0.15, -0.1) is 0 Å². The third kappa shape index (κ3) is 3.56. The minimum Gasteiger partial charge on any atom is -0.484 e. The van der Waals surface area contributed by atoms with Crippen LogP contribution >= 0.6 is 0 Å². The van der Waals surface area contributed by atoms with Gasteiger partial charge in [0.25, 0.3) is 0 Å². The molecule has 0 aromatic heterocycles. The molecule has 0 bridgehead atoms. The lowest BCUT2D eigenvalue weighted by Gasteiger charge is -2.16. The SMILES string of the molecule is C[C@@H](O)c1ccc(OCC(F)(F)C(F)F)c(F)c1. The van der Waals surface area contributed by atoms with Crippen molar-refractivity contribution in [2.75, 3.05) is 6.61 Å². The fraction of sp³-hybridized carbons (Fsp3) is 0.455. The van der Waals surface area contributed by atoms with Crippen LogP contribution in [-0.2, 0) is 0 Å². The van der Waals surface area contributed by atoms with Crippen molar-refractivity contribution in [2.24, 2.45) is 0 Å². The van der Waals surface area contributed by atoms with Crippen molar-refractivity contribution in [3.05, 3.63) is 29.6 Å². The van der Waals surface area contributed by atoms with Crippen LogP contribution in [0.5, 0.6) is 5.75 Å². The topological polar surface area (TPSA) is 29.5 Å². The van der Waals surface area contributed by atoms with Gasteiger partial charge in [0.05, 0.1) is 6.10 Å². The molecule has 0 heterocycles. The molecule has 0 spiro atoms. The Morgan fingerprint density at radius 1 is 1.33 bits per heavy atom. The van der Waals surface area contributed by atoms with Gasteiger partial charge in [-0.3, -0.25) is 0 Å². The predicted molar refractivity (Wildman–Crippen MR) is 53.5 cm³/mol. The first-order valence-electron chi connectivity index (χ1n) is 5.00. The van der Waals surface area contributed by atoms with Crippen LogP contribution in [0.3, 0.4) is 0 Å². The fourth-order valence-corrected chi connectivity index (χ4v) is 1.13. The molecule has 0 aliphatic heterocycles. The molecule has 0 saturated carbocycles. The summed E-state index contributed by atoms with van der Waals surface area (Å²) >= 11 is 0. The average molecular weight is 270 g/mol. The normalized spacial score (nSPS) is 13.8. The number of aliphatic hydroxyl groups excluding tert-OH is 1. The van der Waals surface area contributed by atoms with E-state index in [2.05, 4.69) is 4.74 Å². The lowest BCUT2D eigenvalue weighted by molar-refractivity contribution is -0.148. The van der Waals surface area contributed by atoms with Gasteiger partial charge in [-0.05, 0) is 24.6 Å². The zero-order valence-corrected chi connectivity index (χ0v) is 9.34. The number of ether oxygens (including phenoxy) is 1. The first kappa shape index (κ1) is 14.7. The number of halogens is 5. The summed E-state index contributed by atoms with van der Waals surface area (Å²) in [6.07, 6.45) is -4.81. The van der Waals surface area contributed by atoms with E-state index >= 15 is 0 Å². The number of rotatable bonds is 5. The smallest absolute Gasteiger partial charge is 0.340 e. The second-order valence-electron chi connectivity index (χ2n) is 3.72. The van der Waals surface area contributed by atoms with Gasteiger partial charge in [0.15, 0.2) is 18.2 Å². The summed E-state index contributed by atoms with van der Waals surface area (Å²) in [6, 6.07) is 3.14. The molecular formula is C11H11F5O2. The Kier molecular flexibility index (Phi) is 4.50. The van der Waals surface area contributed by atoms with Gasteiger partial charge >= 0.3 is 12.3 Å². The molecule has 102 valence electrons. The van der Waals surface area contributed by atoms with Crippen LogP contribution in [0, 0.1) is 5.82 Å². The van der Waals surface area contributed by atoms with Crippen molar-refractivity contribution in [3.63, 3.8) is 0 Å². The molecule has 0 aliphatic rings. The molecule has 1 N–H and O–H groups in total. The Morgan fingerprint density at radius 3 is 2.39 bits per heavy atom. The van der Waals surface area contributed by atoms with Crippen molar-refractivity contribution in [2.45, 2.75) is 25.4 Å². The Labute approximate surface area is 100.0 Å². The summed E-state index contributed by atoms with van der Waals surface area (Å²) in [4.78, 5) is 0. The minimum absolute atomic E-state index is 0.223. The predicted octanol–water partition coefficient (Wildman–Crippen LogP) is 3.16. The van der Waals surface area contributed by atoms with Crippen LogP contribution < -0.4 is 4.74 Å². The number of aliphatic hydroxyl groups is 1. The highest BCUT2D eigenvalue weighted by atomic mass is 19.3. The molecule has 0 saturated heterocycles. The molecule has 2 nitrogen and oxygen atoms in total. The Hall–Kier alpha value is -1.37. The summed E-state index contributed by atoms with van der Waals surface area (Å²) in [5, 5.41) is 9.14. The molecule has 1 aromatic rings. The van der Waals surface area contributed by atoms with Gasteiger partial charge in [0.2, 0.25) is 0 Å². The Balaban J connectivity index is 2.75. The third-order valence-electron chi connectivity index (χ3n) is 2.18. The lowest BCUT2D eigenvalue weighted by Crippen LogP contribution is -2.33. The van der Waals surface area contributed by atoms with Crippen LogP contribution in [-0.4, -0.2) is 24.1 Å². The van der Waals surface area contributed by atoms with E-state index in [9.17, 15) is 22.0 Å². The van der Waals surface area contributed by atoms with Crippen molar-refractivity contribution < 1.29 is 31.8 Å². The largest absolute Gasteiger partial charge is 0.484 e. The van der Waals surface area contributed by atoms with Gasteiger partial charge in [0.1, 0.15) is 0 Å². The highest BCUT2D eigenvalue weighted by Gasteiger charge is 2.41. The van der Waals surface area contributed by atoms with Gasteiger partial charge in [-0.2, -0.15) is 8.78 Å². The van der Waals surface area contributed by atoms with Gasteiger partial charge in [-0.25, -0.2) is 13.2 Å². The third-order valence-corrected chi connectivity index (χ3v) is 2.18. The van der Waals surface area contributed by atoms with E-state index < -0.39 is 36.6 Å².